The molecule has 6 atom stereocenters. The Kier molecular flexibility index (Phi) is 6.90. The quantitative estimate of drug-likeness (QED) is 0.340. The minimum Gasteiger partial charge on any atom is -0.790 e. The predicted molar refractivity (Wildman–Crippen MR) is 55.5 cm³/mol. The van der Waals surface area contributed by atoms with Crippen LogP contribution < -0.4 is 29.4 Å². The van der Waals surface area contributed by atoms with Crippen LogP contribution >= 0.6 is 23.5 Å². The van der Waals surface area contributed by atoms with E-state index in [-0.39, 0.29) is 0 Å². The van der Waals surface area contributed by atoms with Crippen LogP contribution in [0.4, 0.5) is 0 Å². The van der Waals surface area contributed by atoms with Crippen molar-refractivity contribution in [2.24, 2.45) is 0 Å². The number of aliphatic hydroxyl groups is 3. The van der Waals surface area contributed by atoms with Crippen LogP contribution in [0.5, 0.6) is 0 Å². The van der Waals surface area contributed by atoms with Gasteiger partial charge in [-0.05, 0) is 0 Å². The van der Waals surface area contributed by atoms with Gasteiger partial charge in [-0.3, -0.25) is 0 Å². The first kappa shape index (κ1) is 22.3. The maximum absolute atomic E-state index is 10.6. The Morgan fingerprint density at radius 3 is 1.12 bits per heavy atom. The Hall–Kier alpha value is 0.210. The number of phosphoric ester groups is 3. The monoisotopic (exact) mass is 414 g/mol. The molecule has 0 unspecified atom stereocenters. The Morgan fingerprint density at radius 1 is 0.542 bits per heavy atom. The molecule has 0 radical (unpaired) electrons. The fourth-order valence-electron chi connectivity index (χ4n) is 1.98. The van der Waals surface area contributed by atoms with Crippen LogP contribution in [0.25, 0.3) is 0 Å². The van der Waals surface area contributed by atoms with Crippen LogP contribution in [-0.4, -0.2) is 51.9 Å². The summed E-state index contributed by atoms with van der Waals surface area (Å²) in [4.78, 5) is 63.6. The summed E-state index contributed by atoms with van der Waals surface area (Å²) in [5, 5.41) is 28.9. The molecule has 0 aromatic carbocycles. The summed E-state index contributed by atoms with van der Waals surface area (Å²) in [6.45, 7) is 0. The average Bonchev–Trinajstić information content (AvgIpc) is 2.32. The van der Waals surface area contributed by atoms with Crippen LogP contribution in [0.3, 0.4) is 0 Å². The molecule has 0 aromatic rings. The molecule has 0 heterocycles. The third-order valence-electron chi connectivity index (χ3n) is 2.77. The number of hydrogen-bond acceptors (Lipinski definition) is 15. The van der Waals surface area contributed by atoms with Gasteiger partial charge in [0.15, 0.2) is 0 Å². The molecule has 144 valence electrons. The van der Waals surface area contributed by atoms with Gasteiger partial charge in [-0.2, -0.15) is 0 Å². The summed E-state index contributed by atoms with van der Waals surface area (Å²) in [6.07, 6.45) is -15.7. The van der Waals surface area contributed by atoms with Gasteiger partial charge < -0.3 is 71.9 Å². The van der Waals surface area contributed by atoms with Crippen LogP contribution in [0.1, 0.15) is 0 Å². The van der Waals surface area contributed by atoms with Crippen molar-refractivity contribution in [2.75, 3.05) is 0 Å². The van der Waals surface area contributed by atoms with Crippen molar-refractivity contribution >= 4 is 23.5 Å². The van der Waals surface area contributed by atoms with Gasteiger partial charge in [-0.25, -0.2) is 0 Å². The normalized spacial score (nSPS) is 35.9. The van der Waals surface area contributed by atoms with Crippen LogP contribution in [0.15, 0.2) is 0 Å². The van der Waals surface area contributed by atoms with Crippen molar-refractivity contribution in [3.8, 4) is 0 Å². The van der Waals surface area contributed by atoms with Crippen LogP contribution in [0, 0.1) is 0 Å². The lowest BCUT2D eigenvalue weighted by Crippen LogP contribution is -2.66. The lowest BCUT2D eigenvalue weighted by molar-refractivity contribution is -0.371. The van der Waals surface area contributed by atoms with E-state index in [2.05, 4.69) is 13.6 Å². The third kappa shape index (κ3) is 6.50. The second-order valence-electron chi connectivity index (χ2n) is 4.52. The Labute approximate surface area is 133 Å². The molecule has 1 fully saturated rings. The lowest BCUT2D eigenvalue weighted by atomic mass is 9.85. The number of hydrogen-bond donors (Lipinski definition) is 3. The highest BCUT2D eigenvalue weighted by molar-refractivity contribution is 7.43. The van der Waals surface area contributed by atoms with Crippen molar-refractivity contribution in [3.63, 3.8) is 0 Å². The van der Waals surface area contributed by atoms with Crippen LogP contribution in [0.2, 0.25) is 0 Å². The molecular weight excluding hydrogens is 405 g/mol. The highest BCUT2D eigenvalue weighted by Crippen LogP contribution is 2.43. The molecule has 0 bridgehead atoms. The molecule has 0 amide bonds. The van der Waals surface area contributed by atoms with Gasteiger partial charge in [0.2, 0.25) is 0 Å². The Morgan fingerprint density at radius 2 is 0.792 bits per heavy atom. The summed E-state index contributed by atoms with van der Waals surface area (Å²) >= 11 is 0. The Balaban J connectivity index is 3.23. The van der Waals surface area contributed by atoms with E-state index < -0.39 is 60.1 Å². The second-order valence-corrected chi connectivity index (χ2v) is 7.84. The van der Waals surface area contributed by atoms with E-state index in [1.54, 1.807) is 0 Å². The topological polar surface area (TPSA) is 278 Å². The van der Waals surface area contributed by atoms with Gasteiger partial charge in [0, 0.05) is 0 Å². The van der Waals surface area contributed by atoms with Gasteiger partial charge in [0.25, 0.3) is 0 Å². The summed E-state index contributed by atoms with van der Waals surface area (Å²) in [5.74, 6) is 0. The maximum atomic E-state index is 10.6. The molecule has 0 saturated heterocycles. The molecule has 0 spiro atoms. The molecule has 1 saturated carbocycles. The molecule has 1 aliphatic carbocycles. The third-order valence-corrected chi connectivity index (χ3v) is 4.28. The lowest BCUT2D eigenvalue weighted by Gasteiger charge is -2.51. The first-order valence-electron chi connectivity index (χ1n) is 5.67. The summed E-state index contributed by atoms with van der Waals surface area (Å²) in [5.41, 5.74) is 0. The smallest absolute Gasteiger partial charge is 0.120 e. The zero-order valence-electron chi connectivity index (χ0n) is 11.0. The first-order chi connectivity index (χ1) is 10.5. The number of phosphoric acid groups is 3. The van der Waals surface area contributed by atoms with Gasteiger partial charge in [-0.1, -0.05) is 0 Å². The van der Waals surface area contributed by atoms with Gasteiger partial charge >= 0.3 is 0 Å². The molecule has 0 aromatic heterocycles. The molecule has 1 aliphatic rings. The van der Waals surface area contributed by atoms with E-state index >= 15 is 0 Å². The van der Waals surface area contributed by atoms with Crippen molar-refractivity contribution in [1.82, 2.24) is 0 Å². The standard InChI is InChI=1S/C6H15O15P3/c7-1-2(8)5(20-23(13,14)15)6(21-24(16,17)18)3(9)4(1)19-22(10,11)12/h1-9H,(H2,10,11,12)(H2,13,14,15)(H2,16,17,18)/p-6/t1-,2+,3+,4-,5-,6-/m1/s1. The predicted octanol–water partition coefficient (Wildman–Crippen LogP) is -7.28. The van der Waals surface area contributed by atoms with Gasteiger partial charge in [-0.15, -0.1) is 0 Å². The van der Waals surface area contributed by atoms with Crippen LogP contribution in [-0.2, 0) is 27.3 Å². The highest BCUT2D eigenvalue weighted by Gasteiger charge is 2.52. The number of rotatable bonds is 6. The number of aliphatic hydroxyl groups excluding tert-OH is 3. The maximum Gasteiger partial charge on any atom is 0.120 e. The van der Waals surface area contributed by atoms with E-state index in [9.17, 15) is 58.4 Å². The van der Waals surface area contributed by atoms with Crippen molar-refractivity contribution in [3.05, 3.63) is 0 Å². The molecule has 15 nitrogen and oxygen atoms in total. The van der Waals surface area contributed by atoms with E-state index in [1.165, 1.54) is 0 Å². The van der Waals surface area contributed by atoms with E-state index in [1.807, 2.05) is 0 Å². The second kappa shape index (κ2) is 7.45. The SMILES string of the molecule is O=P([O-])([O-])O[C@@H]1[C@H](O)[C@H](O)[C@@H](OP(=O)([O-])[O-])[C@H](OP(=O)([O-])[O-])[C@H]1O. The summed E-state index contributed by atoms with van der Waals surface area (Å²) < 4.78 is 43.0. The summed E-state index contributed by atoms with van der Waals surface area (Å²) in [7, 11) is -17.9. The molecule has 3 N–H and O–H groups in total. The molecule has 0 aliphatic heterocycles. The van der Waals surface area contributed by atoms with Crippen molar-refractivity contribution in [1.29, 1.82) is 0 Å². The molecular formula is C6H9O15P3-6. The van der Waals surface area contributed by atoms with E-state index in [0.29, 0.717) is 0 Å². The van der Waals surface area contributed by atoms with Gasteiger partial charge in [0.05, 0.1) is 23.5 Å². The molecule has 18 heteroatoms. The zero-order chi connectivity index (χ0) is 19.1. The van der Waals surface area contributed by atoms with Crippen molar-refractivity contribution < 1.29 is 71.9 Å². The van der Waals surface area contributed by atoms with E-state index in [0.717, 1.165) is 0 Å². The zero-order valence-corrected chi connectivity index (χ0v) is 13.7. The van der Waals surface area contributed by atoms with E-state index in [4.69, 9.17) is 0 Å². The first-order valence-corrected chi connectivity index (χ1v) is 10.1. The Bertz CT molecular complexity index is 574. The molecule has 1 rings (SSSR count). The molecule has 24 heavy (non-hydrogen) atoms. The highest BCUT2D eigenvalue weighted by atomic mass is 31.2. The minimum absolute atomic E-state index is 2.54. The van der Waals surface area contributed by atoms with Gasteiger partial charge in [0.1, 0.15) is 36.6 Å². The average molecular weight is 414 g/mol. The minimum atomic E-state index is -6.01. The van der Waals surface area contributed by atoms with Crippen molar-refractivity contribution in [2.45, 2.75) is 36.6 Å². The largest absolute Gasteiger partial charge is 0.790 e. The fraction of sp³-hybridized carbons (Fsp3) is 1.00. The fourth-order valence-corrected chi connectivity index (χ4v) is 3.62. The summed E-state index contributed by atoms with van der Waals surface area (Å²) in [6, 6.07) is 0.